The molecule has 1 aliphatic heterocycles. The van der Waals surface area contributed by atoms with E-state index in [4.69, 9.17) is 10.5 Å². The zero-order valence-corrected chi connectivity index (χ0v) is 19.6. The lowest BCUT2D eigenvalue weighted by Gasteiger charge is -2.34. The fourth-order valence-electron chi connectivity index (χ4n) is 4.20. The Kier molecular flexibility index (Phi) is 9.96. The Hall–Kier alpha value is -1.58. The van der Waals surface area contributed by atoms with Crippen molar-refractivity contribution in [2.45, 2.75) is 64.0 Å². The number of halogens is 1. The van der Waals surface area contributed by atoms with Crippen LogP contribution in [0.1, 0.15) is 56.9 Å². The lowest BCUT2D eigenvalue weighted by atomic mass is 9.95. The van der Waals surface area contributed by atoms with Crippen LogP contribution in [0.5, 0.6) is 5.88 Å². The van der Waals surface area contributed by atoms with E-state index in [1.165, 1.54) is 19.3 Å². The van der Waals surface area contributed by atoms with Gasteiger partial charge in [0.2, 0.25) is 11.8 Å². The summed E-state index contributed by atoms with van der Waals surface area (Å²) in [5.74, 6) is 1.65. The van der Waals surface area contributed by atoms with E-state index in [1.807, 2.05) is 18.3 Å². The molecule has 1 aromatic heterocycles. The first-order valence-electron chi connectivity index (χ1n) is 10.5. The molecule has 1 unspecified atom stereocenters. The molecule has 29 heavy (non-hydrogen) atoms. The highest BCUT2D eigenvalue weighted by Crippen LogP contribution is 2.23. The van der Waals surface area contributed by atoms with Crippen LogP contribution in [0.25, 0.3) is 0 Å². The van der Waals surface area contributed by atoms with Gasteiger partial charge in [0.05, 0.1) is 0 Å². The van der Waals surface area contributed by atoms with Crippen LogP contribution in [0, 0.1) is 5.92 Å². The van der Waals surface area contributed by atoms with Crippen molar-refractivity contribution in [1.29, 1.82) is 0 Å². The Morgan fingerprint density at radius 3 is 2.83 bits per heavy atom. The molecule has 2 fully saturated rings. The van der Waals surface area contributed by atoms with Gasteiger partial charge in [0, 0.05) is 45.4 Å². The first-order chi connectivity index (χ1) is 13.6. The molecule has 162 valence electrons. The van der Waals surface area contributed by atoms with Crippen molar-refractivity contribution in [2.24, 2.45) is 16.6 Å². The number of piperidine rings is 1. The molecule has 8 heteroatoms. The number of aliphatic imine (C=N–C) groups is 1. The summed E-state index contributed by atoms with van der Waals surface area (Å²) in [5, 5.41) is 3.44. The highest BCUT2D eigenvalue weighted by atomic mass is 127. The summed E-state index contributed by atoms with van der Waals surface area (Å²) in [4.78, 5) is 22.3. The maximum Gasteiger partial charge on any atom is 0.217 e. The molecule has 2 aliphatic rings. The van der Waals surface area contributed by atoms with E-state index in [0.717, 1.165) is 50.3 Å². The number of rotatable bonds is 6. The predicted octanol–water partition coefficient (Wildman–Crippen LogP) is 3.07. The van der Waals surface area contributed by atoms with E-state index < -0.39 is 0 Å². The smallest absolute Gasteiger partial charge is 0.217 e. The molecule has 0 spiro atoms. The fraction of sp³-hybridized carbons (Fsp3) is 0.667. The Bertz CT molecular complexity index is 679. The molecular weight excluding hydrogens is 481 g/mol. The van der Waals surface area contributed by atoms with Crippen LogP contribution in [0.4, 0.5) is 0 Å². The molecule has 3 N–H and O–H groups in total. The SMILES string of the molecule is CN=C(NCc1ccnc(OC2CCCCC2)c1)N1CCCC(CC(N)=O)C1.I. The maximum absolute atomic E-state index is 11.2. The zero-order chi connectivity index (χ0) is 19.8. The van der Waals surface area contributed by atoms with E-state index in [9.17, 15) is 4.79 Å². The number of primary amides is 1. The van der Waals surface area contributed by atoms with Gasteiger partial charge in [-0.25, -0.2) is 4.98 Å². The van der Waals surface area contributed by atoms with Gasteiger partial charge in [0.15, 0.2) is 5.96 Å². The normalized spacial score (nSPS) is 20.7. The molecule has 0 aromatic carbocycles. The molecule has 7 nitrogen and oxygen atoms in total. The summed E-state index contributed by atoms with van der Waals surface area (Å²) in [6.07, 6.45) is 10.7. The number of hydrogen-bond donors (Lipinski definition) is 2. The number of ether oxygens (including phenoxy) is 1. The Labute approximate surface area is 190 Å². The molecule has 1 saturated carbocycles. The van der Waals surface area contributed by atoms with Crippen LogP contribution in [-0.2, 0) is 11.3 Å². The largest absolute Gasteiger partial charge is 0.474 e. The number of carbonyl (C=O) groups excluding carboxylic acids is 1. The van der Waals surface area contributed by atoms with E-state index in [1.54, 1.807) is 7.05 Å². The van der Waals surface area contributed by atoms with Crippen molar-refractivity contribution in [2.75, 3.05) is 20.1 Å². The number of amides is 1. The number of carbonyl (C=O) groups is 1. The molecule has 1 saturated heterocycles. The van der Waals surface area contributed by atoms with Gasteiger partial charge in [-0.15, -0.1) is 24.0 Å². The van der Waals surface area contributed by atoms with Gasteiger partial charge < -0.3 is 20.7 Å². The molecular formula is C21H34IN5O2. The first kappa shape index (κ1) is 23.7. The molecule has 1 amide bonds. The third kappa shape index (κ3) is 7.64. The van der Waals surface area contributed by atoms with Crippen LogP contribution in [0.2, 0.25) is 0 Å². The lowest BCUT2D eigenvalue weighted by Crippen LogP contribution is -2.46. The highest BCUT2D eigenvalue weighted by molar-refractivity contribution is 14.0. The number of guanidine groups is 1. The summed E-state index contributed by atoms with van der Waals surface area (Å²) in [7, 11) is 1.80. The minimum Gasteiger partial charge on any atom is -0.474 e. The van der Waals surface area contributed by atoms with Crippen LogP contribution >= 0.6 is 24.0 Å². The van der Waals surface area contributed by atoms with Crippen LogP contribution in [0.15, 0.2) is 23.3 Å². The number of nitrogens with two attached hydrogens (primary N) is 1. The molecule has 0 radical (unpaired) electrons. The molecule has 1 aliphatic carbocycles. The zero-order valence-electron chi connectivity index (χ0n) is 17.3. The maximum atomic E-state index is 11.2. The van der Waals surface area contributed by atoms with Gasteiger partial charge in [-0.05, 0) is 56.1 Å². The minimum absolute atomic E-state index is 0. The molecule has 3 rings (SSSR count). The lowest BCUT2D eigenvalue weighted by molar-refractivity contribution is -0.119. The second-order valence-electron chi connectivity index (χ2n) is 7.91. The Morgan fingerprint density at radius 2 is 2.10 bits per heavy atom. The van der Waals surface area contributed by atoms with Gasteiger partial charge in [-0.3, -0.25) is 9.79 Å². The average Bonchev–Trinajstić information content (AvgIpc) is 2.69. The van der Waals surface area contributed by atoms with Crippen molar-refractivity contribution in [3.05, 3.63) is 23.9 Å². The van der Waals surface area contributed by atoms with Gasteiger partial charge in [-0.1, -0.05) is 6.42 Å². The van der Waals surface area contributed by atoms with E-state index in [2.05, 4.69) is 20.2 Å². The number of nitrogens with one attached hydrogen (secondary N) is 1. The van der Waals surface area contributed by atoms with Crippen molar-refractivity contribution in [3.8, 4) is 5.88 Å². The topological polar surface area (TPSA) is 92.8 Å². The minimum atomic E-state index is -0.225. The van der Waals surface area contributed by atoms with Crippen LogP contribution < -0.4 is 15.8 Å². The molecule has 2 heterocycles. The van der Waals surface area contributed by atoms with Gasteiger partial charge in [-0.2, -0.15) is 0 Å². The van der Waals surface area contributed by atoms with Crippen molar-refractivity contribution in [1.82, 2.24) is 15.2 Å². The van der Waals surface area contributed by atoms with Crippen LogP contribution in [-0.4, -0.2) is 48.0 Å². The Balaban J connectivity index is 0.00000300. The second kappa shape index (κ2) is 12.2. The number of aromatic nitrogens is 1. The number of hydrogen-bond acceptors (Lipinski definition) is 4. The Morgan fingerprint density at radius 1 is 1.31 bits per heavy atom. The van der Waals surface area contributed by atoms with E-state index in [0.29, 0.717) is 30.9 Å². The van der Waals surface area contributed by atoms with E-state index in [-0.39, 0.29) is 29.9 Å². The highest BCUT2D eigenvalue weighted by Gasteiger charge is 2.23. The monoisotopic (exact) mass is 515 g/mol. The summed E-state index contributed by atoms with van der Waals surface area (Å²) in [6, 6.07) is 4.01. The molecule has 1 atom stereocenters. The summed E-state index contributed by atoms with van der Waals surface area (Å²) >= 11 is 0. The fourth-order valence-corrected chi connectivity index (χ4v) is 4.20. The second-order valence-corrected chi connectivity index (χ2v) is 7.91. The average molecular weight is 515 g/mol. The first-order valence-corrected chi connectivity index (χ1v) is 10.5. The summed E-state index contributed by atoms with van der Waals surface area (Å²) < 4.78 is 6.07. The van der Waals surface area contributed by atoms with Crippen molar-refractivity contribution >= 4 is 35.8 Å². The van der Waals surface area contributed by atoms with E-state index >= 15 is 0 Å². The number of pyridine rings is 1. The van der Waals surface area contributed by atoms with Gasteiger partial charge in [0.1, 0.15) is 6.10 Å². The molecule has 1 aromatic rings. The quantitative estimate of drug-likeness (QED) is 0.345. The van der Waals surface area contributed by atoms with Crippen LogP contribution in [0.3, 0.4) is 0 Å². The molecule has 0 bridgehead atoms. The standard InChI is InChI=1S/C21H33N5O2.HI/c1-23-21(26-11-5-6-17(15-26)12-19(22)27)25-14-16-9-10-24-20(13-16)28-18-7-3-2-4-8-18;/h9-10,13,17-18H,2-8,11-12,14-15H2,1H3,(H2,22,27)(H,23,25);1H. The summed E-state index contributed by atoms with van der Waals surface area (Å²) in [6.45, 7) is 2.42. The van der Waals surface area contributed by atoms with Gasteiger partial charge >= 0.3 is 0 Å². The van der Waals surface area contributed by atoms with Crippen molar-refractivity contribution in [3.63, 3.8) is 0 Å². The predicted molar refractivity (Wildman–Crippen MR) is 125 cm³/mol. The third-order valence-electron chi connectivity index (χ3n) is 5.61. The third-order valence-corrected chi connectivity index (χ3v) is 5.61. The number of nitrogens with zero attached hydrogens (tertiary/aromatic N) is 3. The number of likely N-dealkylation sites (tertiary alicyclic amines) is 1. The van der Waals surface area contributed by atoms with Crippen molar-refractivity contribution < 1.29 is 9.53 Å². The van der Waals surface area contributed by atoms with Gasteiger partial charge in [0.25, 0.3) is 0 Å². The summed E-state index contributed by atoms with van der Waals surface area (Å²) in [5.41, 5.74) is 6.49.